The quantitative estimate of drug-likeness (QED) is 0.0894. The van der Waals surface area contributed by atoms with Crippen molar-refractivity contribution in [3.63, 3.8) is 0 Å². The highest BCUT2D eigenvalue weighted by molar-refractivity contribution is 14.2. The molecule has 4 nitrogen and oxygen atoms in total. The van der Waals surface area contributed by atoms with Gasteiger partial charge < -0.3 is 3.07 Å². The van der Waals surface area contributed by atoms with E-state index < -0.39 is 21.1 Å². The molecule has 0 bridgehead atoms. The van der Waals surface area contributed by atoms with Crippen molar-refractivity contribution >= 4 is 77.3 Å². The molecule has 0 heterocycles. The first-order valence-corrected chi connectivity index (χ1v) is 16.1. The minimum absolute atomic E-state index is 0.00907. The number of benzene rings is 4. The summed E-state index contributed by atoms with van der Waals surface area (Å²) < 4.78 is 5.94. The molecule has 8 heteroatoms. The second-order valence-corrected chi connectivity index (χ2v) is 13.2. The summed E-state index contributed by atoms with van der Waals surface area (Å²) in [7, 11) is 0. The van der Waals surface area contributed by atoms with Crippen molar-refractivity contribution in [1.82, 2.24) is 0 Å². The van der Waals surface area contributed by atoms with Crippen LogP contribution in [0.15, 0.2) is 118 Å². The number of halogens is 2. The third-order valence-electron chi connectivity index (χ3n) is 5.40. The zero-order chi connectivity index (χ0) is 27.6. The molecule has 0 unspecified atom stereocenters. The molecule has 0 atom stereocenters. The Morgan fingerprint density at radius 3 is 1.85 bits per heavy atom. The van der Waals surface area contributed by atoms with E-state index in [9.17, 15) is 14.4 Å². The zero-order valence-electron chi connectivity index (χ0n) is 20.9. The predicted molar refractivity (Wildman–Crippen MR) is 169 cm³/mol. The van der Waals surface area contributed by atoms with E-state index in [1.54, 1.807) is 23.5 Å². The van der Waals surface area contributed by atoms with E-state index in [1.807, 2.05) is 103 Å². The molecule has 0 saturated carbocycles. The molecule has 39 heavy (non-hydrogen) atoms. The van der Waals surface area contributed by atoms with Gasteiger partial charge in [0, 0.05) is 49.1 Å². The van der Waals surface area contributed by atoms with E-state index in [0.717, 1.165) is 14.7 Å². The number of thioether (sulfide) groups is 1. The molecular formula is C31H24ClIO4S2. The van der Waals surface area contributed by atoms with Crippen molar-refractivity contribution < 1.29 is 17.4 Å². The highest BCUT2D eigenvalue weighted by Crippen LogP contribution is 2.29. The van der Waals surface area contributed by atoms with Crippen LogP contribution in [0.1, 0.15) is 39.6 Å². The minimum atomic E-state index is -1.16. The second-order valence-electron chi connectivity index (χ2n) is 8.28. The normalized spacial score (nSPS) is 11.4. The van der Waals surface area contributed by atoms with Gasteiger partial charge in [-0.1, -0.05) is 53.7 Å². The van der Waals surface area contributed by atoms with Gasteiger partial charge in [0.2, 0.25) is 0 Å². The summed E-state index contributed by atoms with van der Waals surface area (Å²) in [6, 6.07) is 31.7. The first kappa shape index (κ1) is 29.3. The number of carbonyl (C=O) groups is 3. The van der Waals surface area contributed by atoms with E-state index in [1.165, 1.54) is 6.92 Å². The largest absolute Gasteiger partial charge is 0.403 e. The Kier molecular flexibility index (Phi) is 11.0. The van der Waals surface area contributed by atoms with Gasteiger partial charge in [0.15, 0.2) is 11.6 Å². The van der Waals surface area contributed by atoms with Crippen LogP contribution in [0.25, 0.3) is 0 Å². The van der Waals surface area contributed by atoms with Gasteiger partial charge in [-0.3, -0.25) is 14.4 Å². The van der Waals surface area contributed by atoms with E-state index in [4.69, 9.17) is 14.7 Å². The van der Waals surface area contributed by atoms with Crippen LogP contribution in [0.5, 0.6) is 0 Å². The SMILES string of the molecule is CC(=O)OI=C(CCSc1ccc(Cl)cc1)C(=O)c1ccc(Sc2ccc(C(=O)c3ccccc3)cc2)cc1. The van der Waals surface area contributed by atoms with Crippen LogP contribution in [-0.2, 0) is 7.86 Å². The summed E-state index contributed by atoms with van der Waals surface area (Å²) in [5.74, 6) is 0.230. The third kappa shape index (κ3) is 8.89. The smallest absolute Gasteiger partial charge is 0.311 e. The topological polar surface area (TPSA) is 60.4 Å². The van der Waals surface area contributed by atoms with Crippen LogP contribution in [0.3, 0.4) is 0 Å². The Morgan fingerprint density at radius 2 is 1.26 bits per heavy atom. The number of ketones is 2. The maximum Gasteiger partial charge on any atom is 0.311 e. The summed E-state index contributed by atoms with van der Waals surface area (Å²) in [5, 5.41) is 0.680. The summed E-state index contributed by atoms with van der Waals surface area (Å²) in [4.78, 5) is 40.4. The number of hydrogen-bond acceptors (Lipinski definition) is 6. The minimum Gasteiger partial charge on any atom is -0.403 e. The number of rotatable bonds is 11. The third-order valence-corrected chi connectivity index (χ3v) is 10.1. The average Bonchev–Trinajstić information content (AvgIpc) is 2.96. The highest BCUT2D eigenvalue weighted by atomic mass is 127. The van der Waals surface area contributed by atoms with Gasteiger partial charge in [-0.2, -0.15) is 0 Å². The van der Waals surface area contributed by atoms with Crippen molar-refractivity contribution in [2.24, 2.45) is 0 Å². The maximum atomic E-state index is 13.3. The van der Waals surface area contributed by atoms with Crippen LogP contribution >= 0.6 is 56.3 Å². The van der Waals surface area contributed by atoms with Crippen molar-refractivity contribution in [2.45, 2.75) is 28.0 Å². The molecule has 0 amide bonds. The van der Waals surface area contributed by atoms with Crippen molar-refractivity contribution in [2.75, 3.05) is 5.75 Å². The van der Waals surface area contributed by atoms with Crippen molar-refractivity contribution in [1.29, 1.82) is 0 Å². The van der Waals surface area contributed by atoms with Crippen LogP contribution in [0, 0.1) is 0 Å². The Hall–Kier alpha value is -2.72. The number of Topliss-reactive ketones (excluding diaryl/α,β-unsaturated/α-hetero) is 1. The van der Waals surface area contributed by atoms with Gasteiger partial charge in [-0.05, 0) is 79.2 Å². The summed E-state index contributed by atoms with van der Waals surface area (Å²) >= 11 is 7.98. The summed E-state index contributed by atoms with van der Waals surface area (Å²) in [6.45, 7) is 1.36. The molecule has 198 valence electrons. The van der Waals surface area contributed by atoms with Crippen molar-refractivity contribution in [3.8, 4) is 0 Å². The molecule has 0 saturated heterocycles. The lowest BCUT2D eigenvalue weighted by Crippen LogP contribution is -2.14. The Balaban J connectivity index is 1.39. The van der Waals surface area contributed by atoms with E-state index in [0.29, 0.717) is 37.4 Å². The fourth-order valence-corrected chi connectivity index (χ4v) is 7.23. The number of carbonyl (C=O) groups excluding carboxylic acids is 3. The lowest BCUT2D eigenvalue weighted by Gasteiger charge is -2.08. The van der Waals surface area contributed by atoms with E-state index >= 15 is 0 Å². The summed E-state index contributed by atoms with van der Waals surface area (Å²) in [6.07, 6.45) is 0.539. The maximum absolute atomic E-state index is 13.3. The standard InChI is InChI=1S/C31H24ClIO4S2/c1-21(34)37-33-29(19-20-38-26-17-11-25(32)12-18-26)31(36)24-9-15-28(16-10-24)39-27-13-7-23(8-14-27)30(35)22-5-3-2-4-6-22/h2-18H,19-20H2,1H3. The van der Waals surface area contributed by atoms with Crippen LogP contribution in [0.4, 0.5) is 0 Å². The Bertz CT molecular complexity index is 1470. The van der Waals surface area contributed by atoms with Gasteiger partial charge >= 0.3 is 5.97 Å². The van der Waals surface area contributed by atoms with Crippen molar-refractivity contribution in [3.05, 3.63) is 125 Å². The lowest BCUT2D eigenvalue weighted by atomic mass is 10.0. The first-order valence-electron chi connectivity index (χ1n) is 12.0. The van der Waals surface area contributed by atoms with Gasteiger partial charge in [-0.25, -0.2) is 0 Å². The molecule has 0 spiro atoms. The molecular weight excluding hydrogens is 663 g/mol. The van der Waals surface area contributed by atoms with E-state index in [-0.39, 0.29) is 17.5 Å². The second kappa shape index (κ2) is 14.6. The molecule has 0 aromatic heterocycles. The van der Waals surface area contributed by atoms with Crippen LogP contribution in [0.2, 0.25) is 5.02 Å². The molecule has 4 rings (SSSR count). The zero-order valence-corrected chi connectivity index (χ0v) is 25.5. The Morgan fingerprint density at radius 1 is 0.718 bits per heavy atom. The fourth-order valence-electron chi connectivity index (χ4n) is 3.47. The predicted octanol–water partition coefficient (Wildman–Crippen LogP) is 8.71. The van der Waals surface area contributed by atoms with Gasteiger partial charge in [0.1, 0.15) is 21.1 Å². The average molecular weight is 687 g/mol. The molecule has 0 aliphatic rings. The fraction of sp³-hybridized carbons (Fsp3) is 0.0968. The monoisotopic (exact) mass is 686 g/mol. The molecule has 4 aromatic carbocycles. The van der Waals surface area contributed by atoms with E-state index in [2.05, 4.69) is 0 Å². The van der Waals surface area contributed by atoms with Gasteiger partial charge in [-0.15, -0.1) is 11.8 Å². The molecule has 0 aliphatic carbocycles. The van der Waals surface area contributed by atoms with Gasteiger partial charge in [0.05, 0.1) is 3.51 Å². The van der Waals surface area contributed by atoms with Crippen LogP contribution in [-0.4, -0.2) is 26.8 Å². The molecule has 4 aromatic rings. The van der Waals surface area contributed by atoms with Crippen LogP contribution < -0.4 is 0 Å². The molecule has 0 aliphatic heterocycles. The molecule has 0 N–H and O–H groups in total. The molecule has 0 fully saturated rings. The lowest BCUT2D eigenvalue weighted by molar-refractivity contribution is -0.128. The van der Waals surface area contributed by atoms with Gasteiger partial charge in [0.25, 0.3) is 0 Å². The number of hydrogen-bond donors (Lipinski definition) is 0. The molecule has 0 radical (unpaired) electrons. The Labute approximate surface area is 251 Å². The first-order chi connectivity index (χ1) is 18.9. The highest BCUT2D eigenvalue weighted by Gasteiger charge is 2.15. The summed E-state index contributed by atoms with van der Waals surface area (Å²) in [5.41, 5.74) is 1.87.